The van der Waals surface area contributed by atoms with Gasteiger partial charge >= 0.3 is 0 Å². The standard InChI is InChI=1S/C15H17ClN4O/c1-11-10-13(15(21)19-8-6-17-7-9-19)18-20(11)14-5-3-2-4-12(14)16/h2-5,10,17H,6-9H2,1H3. The molecule has 1 fully saturated rings. The van der Waals surface area contributed by atoms with E-state index < -0.39 is 0 Å². The van der Waals surface area contributed by atoms with E-state index in [2.05, 4.69) is 10.4 Å². The second-order valence-corrected chi connectivity index (χ2v) is 5.48. The minimum Gasteiger partial charge on any atom is -0.335 e. The van der Waals surface area contributed by atoms with Crippen LogP contribution >= 0.6 is 11.6 Å². The normalized spacial score (nSPS) is 15.2. The summed E-state index contributed by atoms with van der Waals surface area (Å²) in [7, 11) is 0. The monoisotopic (exact) mass is 304 g/mol. The molecular formula is C15H17ClN4O. The summed E-state index contributed by atoms with van der Waals surface area (Å²) in [6.45, 7) is 5.02. The van der Waals surface area contributed by atoms with Gasteiger partial charge in [-0.15, -0.1) is 0 Å². The number of amides is 1. The van der Waals surface area contributed by atoms with Crippen molar-refractivity contribution in [3.8, 4) is 5.69 Å². The number of carbonyl (C=O) groups excluding carboxylic acids is 1. The fourth-order valence-corrected chi connectivity index (χ4v) is 2.69. The third-order valence-corrected chi connectivity index (χ3v) is 3.91. The molecule has 1 aliphatic rings. The number of carbonyl (C=O) groups is 1. The predicted molar refractivity (Wildman–Crippen MR) is 82.1 cm³/mol. The van der Waals surface area contributed by atoms with Gasteiger partial charge in [-0.2, -0.15) is 5.10 Å². The summed E-state index contributed by atoms with van der Waals surface area (Å²) in [6.07, 6.45) is 0. The molecule has 2 aromatic rings. The highest BCUT2D eigenvalue weighted by Crippen LogP contribution is 2.21. The molecule has 1 aliphatic heterocycles. The number of piperazine rings is 1. The Morgan fingerprint density at radius 1 is 1.29 bits per heavy atom. The van der Waals surface area contributed by atoms with Gasteiger partial charge in [0.15, 0.2) is 5.69 Å². The summed E-state index contributed by atoms with van der Waals surface area (Å²) in [5.41, 5.74) is 2.15. The Kier molecular flexibility index (Phi) is 3.94. The molecule has 1 aromatic carbocycles. The van der Waals surface area contributed by atoms with Gasteiger partial charge in [0, 0.05) is 31.9 Å². The molecule has 21 heavy (non-hydrogen) atoms. The van der Waals surface area contributed by atoms with Gasteiger partial charge in [-0.05, 0) is 25.1 Å². The summed E-state index contributed by atoms with van der Waals surface area (Å²) < 4.78 is 1.72. The van der Waals surface area contributed by atoms with Gasteiger partial charge in [-0.25, -0.2) is 4.68 Å². The van der Waals surface area contributed by atoms with E-state index in [-0.39, 0.29) is 5.91 Å². The minimum atomic E-state index is -0.0228. The quantitative estimate of drug-likeness (QED) is 0.921. The number of para-hydroxylation sites is 1. The van der Waals surface area contributed by atoms with Gasteiger partial charge < -0.3 is 10.2 Å². The fourth-order valence-electron chi connectivity index (χ4n) is 2.48. The van der Waals surface area contributed by atoms with E-state index in [1.807, 2.05) is 42.2 Å². The van der Waals surface area contributed by atoms with Crippen molar-refractivity contribution in [3.63, 3.8) is 0 Å². The Labute approximate surface area is 128 Å². The largest absolute Gasteiger partial charge is 0.335 e. The lowest BCUT2D eigenvalue weighted by Gasteiger charge is -2.26. The first-order valence-corrected chi connectivity index (χ1v) is 7.36. The van der Waals surface area contributed by atoms with Crippen molar-refractivity contribution in [2.45, 2.75) is 6.92 Å². The molecule has 0 bridgehead atoms. The Bertz CT molecular complexity index is 661. The van der Waals surface area contributed by atoms with Gasteiger partial charge in [0.25, 0.3) is 5.91 Å². The predicted octanol–water partition coefficient (Wildman–Crippen LogP) is 1.88. The van der Waals surface area contributed by atoms with Gasteiger partial charge in [0.1, 0.15) is 0 Å². The maximum absolute atomic E-state index is 12.5. The van der Waals surface area contributed by atoms with Crippen LogP contribution in [0.25, 0.3) is 5.69 Å². The molecule has 1 N–H and O–H groups in total. The molecule has 6 heteroatoms. The van der Waals surface area contributed by atoms with E-state index in [1.54, 1.807) is 4.68 Å². The highest BCUT2D eigenvalue weighted by atomic mass is 35.5. The summed E-state index contributed by atoms with van der Waals surface area (Å²) in [4.78, 5) is 14.3. The summed E-state index contributed by atoms with van der Waals surface area (Å²) >= 11 is 6.20. The molecule has 1 amide bonds. The van der Waals surface area contributed by atoms with Crippen LogP contribution in [0.15, 0.2) is 30.3 Å². The van der Waals surface area contributed by atoms with Gasteiger partial charge in [0.05, 0.1) is 10.7 Å². The molecule has 0 aliphatic carbocycles. The fraction of sp³-hybridized carbons (Fsp3) is 0.333. The molecule has 0 saturated carbocycles. The Morgan fingerprint density at radius 2 is 2.00 bits per heavy atom. The van der Waals surface area contributed by atoms with Gasteiger partial charge in [-0.3, -0.25) is 4.79 Å². The third-order valence-electron chi connectivity index (χ3n) is 3.59. The van der Waals surface area contributed by atoms with Crippen molar-refractivity contribution in [1.82, 2.24) is 20.0 Å². The van der Waals surface area contributed by atoms with E-state index >= 15 is 0 Å². The molecular weight excluding hydrogens is 288 g/mol. The third kappa shape index (κ3) is 2.80. The first kappa shape index (κ1) is 14.1. The molecule has 5 nitrogen and oxygen atoms in total. The molecule has 0 atom stereocenters. The zero-order valence-electron chi connectivity index (χ0n) is 11.8. The van der Waals surface area contributed by atoms with Crippen molar-refractivity contribution < 1.29 is 4.79 Å². The number of aromatic nitrogens is 2. The van der Waals surface area contributed by atoms with E-state index in [9.17, 15) is 4.79 Å². The lowest BCUT2D eigenvalue weighted by Crippen LogP contribution is -2.46. The lowest BCUT2D eigenvalue weighted by atomic mass is 10.3. The van der Waals surface area contributed by atoms with E-state index in [0.717, 1.165) is 37.6 Å². The minimum absolute atomic E-state index is 0.0228. The second kappa shape index (κ2) is 5.87. The number of hydrogen-bond donors (Lipinski definition) is 1. The lowest BCUT2D eigenvalue weighted by molar-refractivity contribution is 0.0729. The Balaban J connectivity index is 1.91. The van der Waals surface area contributed by atoms with Crippen LogP contribution in [-0.4, -0.2) is 46.8 Å². The molecule has 0 radical (unpaired) electrons. The Morgan fingerprint density at radius 3 is 2.71 bits per heavy atom. The second-order valence-electron chi connectivity index (χ2n) is 5.08. The van der Waals surface area contributed by atoms with Crippen LogP contribution in [0.1, 0.15) is 16.2 Å². The van der Waals surface area contributed by atoms with Crippen LogP contribution in [0, 0.1) is 6.92 Å². The zero-order valence-corrected chi connectivity index (χ0v) is 12.6. The molecule has 3 rings (SSSR count). The number of benzene rings is 1. The van der Waals surface area contributed by atoms with Crippen LogP contribution in [0.5, 0.6) is 0 Å². The van der Waals surface area contributed by atoms with Crippen molar-refractivity contribution in [3.05, 3.63) is 46.7 Å². The number of halogens is 1. The number of hydrogen-bond acceptors (Lipinski definition) is 3. The van der Waals surface area contributed by atoms with E-state index in [0.29, 0.717) is 10.7 Å². The van der Waals surface area contributed by atoms with Crippen molar-refractivity contribution in [1.29, 1.82) is 0 Å². The van der Waals surface area contributed by atoms with Crippen LogP contribution in [-0.2, 0) is 0 Å². The summed E-state index contributed by atoms with van der Waals surface area (Å²) in [6, 6.07) is 9.29. The van der Waals surface area contributed by atoms with Crippen molar-refractivity contribution in [2.75, 3.05) is 26.2 Å². The number of rotatable bonds is 2. The maximum atomic E-state index is 12.5. The molecule has 110 valence electrons. The van der Waals surface area contributed by atoms with Crippen molar-refractivity contribution in [2.24, 2.45) is 0 Å². The number of aryl methyl sites for hydroxylation is 1. The molecule has 0 unspecified atom stereocenters. The average Bonchev–Trinajstić information content (AvgIpc) is 2.90. The molecule has 0 spiro atoms. The average molecular weight is 305 g/mol. The zero-order chi connectivity index (χ0) is 14.8. The summed E-state index contributed by atoms with van der Waals surface area (Å²) in [5, 5.41) is 8.29. The van der Waals surface area contributed by atoms with Crippen LogP contribution in [0.4, 0.5) is 0 Å². The highest BCUT2D eigenvalue weighted by molar-refractivity contribution is 6.32. The van der Waals surface area contributed by atoms with Gasteiger partial charge in [0.2, 0.25) is 0 Å². The smallest absolute Gasteiger partial charge is 0.274 e. The highest BCUT2D eigenvalue weighted by Gasteiger charge is 2.21. The molecule has 1 aromatic heterocycles. The number of nitrogens with one attached hydrogen (secondary N) is 1. The van der Waals surface area contributed by atoms with E-state index in [1.165, 1.54) is 0 Å². The Hall–Kier alpha value is -1.85. The maximum Gasteiger partial charge on any atom is 0.274 e. The number of nitrogens with zero attached hydrogens (tertiary/aromatic N) is 3. The van der Waals surface area contributed by atoms with Crippen LogP contribution < -0.4 is 5.32 Å². The topological polar surface area (TPSA) is 50.2 Å². The van der Waals surface area contributed by atoms with E-state index in [4.69, 9.17) is 11.6 Å². The molecule has 1 saturated heterocycles. The van der Waals surface area contributed by atoms with Crippen LogP contribution in [0.3, 0.4) is 0 Å². The van der Waals surface area contributed by atoms with Gasteiger partial charge in [-0.1, -0.05) is 23.7 Å². The first-order valence-electron chi connectivity index (χ1n) is 6.98. The van der Waals surface area contributed by atoms with Crippen LogP contribution in [0.2, 0.25) is 5.02 Å². The van der Waals surface area contributed by atoms with Crippen molar-refractivity contribution >= 4 is 17.5 Å². The first-order chi connectivity index (χ1) is 10.2. The SMILES string of the molecule is Cc1cc(C(=O)N2CCNCC2)nn1-c1ccccc1Cl. The molecule has 2 heterocycles. The summed E-state index contributed by atoms with van der Waals surface area (Å²) in [5.74, 6) is -0.0228.